The maximum atomic E-state index is 12.2. The van der Waals surface area contributed by atoms with Crippen molar-refractivity contribution in [2.24, 2.45) is 0 Å². The first-order valence-corrected chi connectivity index (χ1v) is 8.73. The third-order valence-corrected chi connectivity index (χ3v) is 4.18. The molecule has 1 heterocycles. The number of nitro groups is 1. The average molecular weight is 394 g/mol. The van der Waals surface area contributed by atoms with E-state index in [-0.39, 0.29) is 29.9 Å². The molecular weight excluding hydrogens is 376 g/mol. The van der Waals surface area contributed by atoms with Crippen LogP contribution >= 0.6 is 0 Å². The van der Waals surface area contributed by atoms with Gasteiger partial charge in [0.2, 0.25) is 0 Å². The van der Waals surface area contributed by atoms with Gasteiger partial charge in [-0.2, -0.15) is 5.10 Å². The molecule has 0 bridgehead atoms. The first kappa shape index (κ1) is 19.7. The number of nitro benzene ring substituents is 1. The Morgan fingerprint density at radius 3 is 2.62 bits per heavy atom. The van der Waals surface area contributed by atoms with Gasteiger partial charge in [-0.05, 0) is 36.4 Å². The van der Waals surface area contributed by atoms with Gasteiger partial charge in [-0.1, -0.05) is 6.07 Å². The predicted octanol–water partition coefficient (Wildman–Crippen LogP) is 2.26. The van der Waals surface area contributed by atoms with Crippen molar-refractivity contribution in [3.8, 4) is 17.0 Å². The van der Waals surface area contributed by atoms with E-state index in [0.29, 0.717) is 11.4 Å². The summed E-state index contributed by atoms with van der Waals surface area (Å²) >= 11 is 0. The van der Waals surface area contributed by atoms with Gasteiger partial charge >= 0.3 is 0 Å². The minimum absolute atomic E-state index is 0.139. The highest BCUT2D eigenvalue weighted by molar-refractivity contribution is 5.94. The lowest BCUT2D eigenvalue weighted by atomic mass is 10.1. The van der Waals surface area contributed by atoms with Crippen molar-refractivity contribution in [1.82, 2.24) is 15.1 Å². The van der Waals surface area contributed by atoms with Gasteiger partial charge in [0.05, 0.1) is 24.3 Å². The number of carbonyl (C=O) groups excluding carboxylic acids is 1. The van der Waals surface area contributed by atoms with Crippen LogP contribution in [0.2, 0.25) is 0 Å². The first-order chi connectivity index (χ1) is 14.0. The average Bonchev–Trinajstić information content (AvgIpc) is 2.75. The van der Waals surface area contributed by atoms with Crippen LogP contribution in [0.5, 0.6) is 5.75 Å². The zero-order chi connectivity index (χ0) is 20.8. The van der Waals surface area contributed by atoms with E-state index in [0.717, 1.165) is 5.56 Å². The van der Waals surface area contributed by atoms with E-state index >= 15 is 0 Å². The molecule has 0 aliphatic heterocycles. The molecule has 148 valence electrons. The van der Waals surface area contributed by atoms with Crippen molar-refractivity contribution >= 4 is 11.6 Å². The summed E-state index contributed by atoms with van der Waals surface area (Å²) in [7, 11) is 1.58. The van der Waals surface area contributed by atoms with Crippen LogP contribution in [-0.4, -0.2) is 34.3 Å². The van der Waals surface area contributed by atoms with Gasteiger partial charge in [0.15, 0.2) is 0 Å². The molecule has 0 atom stereocenters. The molecule has 0 saturated heterocycles. The van der Waals surface area contributed by atoms with Crippen LogP contribution < -0.4 is 15.6 Å². The molecule has 1 aromatic heterocycles. The van der Waals surface area contributed by atoms with Crippen LogP contribution in [0.15, 0.2) is 65.5 Å². The van der Waals surface area contributed by atoms with Crippen LogP contribution in [0.1, 0.15) is 10.4 Å². The minimum Gasteiger partial charge on any atom is -0.497 e. The van der Waals surface area contributed by atoms with Crippen molar-refractivity contribution < 1.29 is 14.5 Å². The molecular formula is C20H18N4O5. The Balaban J connectivity index is 1.67. The Kier molecular flexibility index (Phi) is 5.98. The van der Waals surface area contributed by atoms with Crippen molar-refractivity contribution in [2.45, 2.75) is 6.54 Å². The number of hydrogen-bond donors (Lipinski definition) is 1. The number of amides is 1. The lowest BCUT2D eigenvalue weighted by Crippen LogP contribution is -2.32. The Bertz CT molecular complexity index is 1090. The highest BCUT2D eigenvalue weighted by Gasteiger charge is 2.11. The minimum atomic E-state index is -0.565. The molecule has 0 aliphatic carbocycles. The molecule has 2 aromatic carbocycles. The highest BCUT2D eigenvalue weighted by Crippen LogP contribution is 2.19. The number of benzene rings is 2. The van der Waals surface area contributed by atoms with Crippen LogP contribution in [0.3, 0.4) is 0 Å². The summed E-state index contributed by atoms with van der Waals surface area (Å²) in [6.45, 7) is 0.296. The largest absolute Gasteiger partial charge is 0.497 e. The molecule has 0 radical (unpaired) electrons. The fraction of sp³-hybridized carbons (Fsp3) is 0.150. The monoisotopic (exact) mass is 394 g/mol. The summed E-state index contributed by atoms with van der Waals surface area (Å²) in [5, 5.41) is 17.8. The number of methoxy groups -OCH3 is 1. The van der Waals surface area contributed by atoms with Crippen molar-refractivity contribution in [3.63, 3.8) is 0 Å². The Hall–Kier alpha value is -4.01. The van der Waals surface area contributed by atoms with Crippen LogP contribution in [0.25, 0.3) is 11.3 Å². The second kappa shape index (κ2) is 8.79. The van der Waals surface area contributed by atoms with Gasteiger partial charge < -0.3 is 10.1 Å². The van der Waals surface area contributed by atoms with Crippen molar-refractivity contribution in [3.05, 3.63) is 86.7 Å². The van der Waals surface area contributed by atoms with Gasteiger partial charge in [0, 0.05) is 35.9 Å². The van der Waals surface area contributed by atoms with Gasteiger partial charge in [-0.3, -0.25) is 19.7 Å². The topological polar surface area (TPSA) is 116 Å². The molecule has 3 rings (SSSR count). The molecule has 29 heavy (non-hydrogen) atoms. The molecule has 0 saturated carbocycles. The second-order valence-electron chi connectivity index (χ2n) is 6.07. The standard InChI is InChI=1S/C20H18N4O5/c1-29-17-7-5-14(6-8-17)18-9-10-19(25)23(22-18)12-11-21-20(26)15-3-2-4-16(13-15)24(27)28/h2-10,13H,11-12H2,1H3,(H,21,26). The van der Waals surface area contributed by atoms with Gasteiger partial charge in [0.25, 0.3) is 17.2 Å². The second-order valence-corrected chi connectivity index (χ2v) is 6.07. The SMILES string of the molecule is COc1ccc(-c2ccc(=O)n(CCNC(=O)c3cccc([N+](=O)[O-])c3)n2)cc1. The highest BCUT2D eigenvalue weighted by atomic mass is 16.6. The van der Waals surface area contributed by atoms with Crippen molar-refractivity contribution in [2.75, 3.05) is 13.7 Å². The lowest BCUT2D eigenvalue weighted by molar-refractivity contribution is -0.384. The number of ether oxygens (including phenoxy) is 1. The van der Waals surface area contributed by atoms with E-state index in [4.69, 9.17) is 4.74 Å². The zero-order valence-electron chi connectivity index (χ0n) is 15.6. The molecule has 9 nitrogen and oxygen atoms in total. The fourth-order valence-electron chi connectivity index (χ4n) is 2.66. The van der Waals surface area contributed by atoms with E-state index in [1.807, 2.05) is 12.1 Å². The number of rotatable bonds is 7. The summed E-state index contributed by atoms with van der Waals surface area (Å²) in [5.41, 5.74) is 1.14. The van der Waals surface area contributed by atoms with Gasteiger partial charge in [-0.25, -0.2) is 4.68 Å². The van der Waals surface area contributed by atoms with E-state index in [9.17, 15) is 19.7 Å². The van der Waals surface area contributed by atoms with Gasteiger partial charge in [0.1, 0.15) is 5.75 Å². The molecule has 1 amide bonds. The normalized spacial score (nSPS) is 10.4. The molecule has 3 aromatic rings. The zero-order valence-corrected chi connectivity index (χ0v) is 15.6. The third kappa shape index (κ3) is 4.83. The summed E-state index contributed by atoms with van der Waals surface area (Å²) < 4.78 is 6.38. The molecule has 1 N–H and O–H groups in total. The van der Waals surface area contributed by atoms with E-state index in [1.165, 1.54) is 35.0 Å². The Morgan fingerprint density at radius 1 is 1.17 bits per heavy atom. The number of nitrogens with one attached hydrogen (secondary N) is 1. The summed E-state index contributed by atoms with van der Waals surface area (Å²) in [6.07, 6.45) is 0. The number of non-ortho nitro benzene ring substituents is 1. The summed E-state index contributed by atoms with van der Waals surface area (Å²) in [5.74, 6) is 0.249. The third-order valence-electron chi connectivity index (χ3n) is 4.18. The Labute approximate surface area is 165 Å². The van der Waals surface area contributed by atoms with Crippen LogP contribution in [-0.2, 0) is 6.54 Å². The van der Waals surface area contributed by atoms with Crippen LogP contribution in [0, 0.1) is 10.1 Å². The number of carbonyl (C=O) groups is 1. The van der Waals surface area contributed by atoms with Gasteiger partial charge in [-0.15, -0.1) is 0 Å². The van der Waals surface area contributed by atoms with E-state index in [2.05, 4.69) is 10.4 Å². The lowest BCUT2D eigenvalue weighted by Gasteiger charge is -2.09. The number of nitrogens with zero attached hydrogens (tertiary/aromatic N) is 3. The molecule has 0 fully saturated rings. The van der Waals surface area contributed by atoms with Crippen molar-refractivity contribution in [1.29, 1.82) is 0 Å². The predicted molar refractivity (Wildman–Crippen MR) is 106 cm³/mol. The molecule has 9 heteroatoms. The quantitative estimate of drug-likeness (QED) is 0.485. The number of aromatic nitrogens is 2. The molecule has 0 spiro atoms. The first-order valence-electron chi connectivity index (χ1n) is 8.73. The smallest absolute Gasteiger partial charge is 0.270 e. The summed E-state index contributed by atoms with van der Waals surface area (Å²) in [6, 6.07) is 15.7. The fourth-order valence-corrected chi connectivity index (χ4v) is 2.66. The maximum absolute atomic E-state index is 12.2. The summed E-state index contributed by atoms with van der Waals surface area (Å²) in [4.78, 5) is 34.5. The Morgan fingerprint density at radius 2 is 1.93 bits per heavy atom. The molecule has 0 unspecified atom stereocenters. The van der Waals surface area contributed by atoms with E-state index < -0.39 is 10.8 Å². The van der Waals surface area contributed by atoms with Crippen LogP contribution in [0.4, 0.5) is 5.69 Å². The maximum Gasteiger partial charge on any atom is 0.270 e. The van der Waals surface area contributed by atoms with E-state index in [1.54, 1.807) is 25.3 Å². The number of hydrogen-bond acceptors (Lipinski definition) is 6. The molecule has 0 aliphatic rings.